The quantitative estimate of drug-likeness (QED) is 0.888. The largest absolute Gasteiger partial charge is 0.398 e. The van der Waals surface area contributed by atoms with E-state index in [2.05, 4.69) is 24.1 Å². The van der Waals surface area contributed by atoms with Gasteiger partial charge in [0.1, 0.15) is 0 Å². The fraction of sp³-hybridized carbons (Fsp3) is 0.688. The Labute approximate surface area is 122 Å². The maximum Gasteiger partial charge on any atom is 0.0874 e. The summed E-state index contributed by atoms with van der Waals surface area (Å²) < 4.78 is 5.99. The van der Waals surface area contributed by atoms with Crippen LogP contribution in [0.15, 0.2) is 18.5 Å². The Kier molecular flexibility index (Phi) is 4.35. The highest BCUT2D eigenvalue weighted by Crippen LogP contribution is 2.47. The molecule has 4 nitrogen and oxygen atoms in total. The standard InChI is InChI=1S/C16H27N3O/c1-15(2)6-8-16(20-4,9-7-15)14(18-3)12-11-19-10-5-13(12)17/h5,10-11,14,18H,6-9H2,1-4H3,(H2,17,19). The molecule has 0 spiro atoms. The predicted molar refractivity (Wildman–Crippen MR) is 82.4 cm³/mol. The summed E-state index contributed by atoms with van der Waals surface area (Å²) in [5.41, 5.74) is 8.16. The van der Waals surface area contributed by atoms with Crippen molar-refractivity contribution in [2.24, 2.45) is 5.41 Å². The number of rotatable bonds is 4. The number of ether oxygens (including phenoxy) is 1. The van der Waals surface area contributed by atoms with Crippen molar-refractivity contribution in [1.29, 1.82) is 0 Å². The fourth-order valence-electron chi connectivity index (χ4n) is 3.32. The molecule has 0 amide bonds. The van der Waals surface area contributed by atoms with Gasteiger partial charge in [-0.05, 0) is 44.2 Å². The van der Waals surface area contributed by atoms with Crippen LogP contribution in [0.3, 0.4) is 0 Å². The van der Waals surface area contributed by atoms with Gasteiger partial charge in [0.15, 0.2) is 0 Å². The van der Waals surface area contributed by atoms with Crippen molar-refractivity contribution in [2.75, 3.05) is 19.9 Å². The van der Waals surface area contributed by atoms with Gasteiger partial charge >= 0.3 is 0 Å². The van der Waals surface area contributed by atoms with Crippen molar-refractivity contribution in [3.05, 3.63) is 24.0 Å². The van der Waals surface area contributed by atoms with E-state index in [4.69, 9.17) is 10.5 Å². The van der Waals surface area contributed by atoms with Crippen molar-refractivity contribution >= 4 is 5.69 Å². The lowest BCUT2D eigenvalue weighted by Crippen LogP contribution is -2.48. The zero-order valence-corrected chi connectivity index (χ0v) is 13.1. The van der Waals surface area contributed by atoms with Crippen LogP contribution in [0.5, 0.6) is 0 Å². The number of aromatic nitrogens is 1. The number of likely N-dealkylation sites (N-methyl/N-ethyl adjacent to an activating group) is 1. The first-order valence-electron chi connectivity index (χ1n) is 7.36. The summed E-state index contributed by atoms with van der Waals surface area (Å²) in [6, 6.07) is 1.94. The molecule has 1 aliphatic rings. The van der Waals surface area contributed by atoms with Crippen molar-refractivity contribution < 1.29 is 4.74 Å². The number of nitrogen functional groups attached to an aromatic ring is 1. The molecule has 4 heteroatoms. The Morgan fingerprint density at radius 3 is 2.45 bits per heavy atom. The topological polar surface area (TPSA) is 60.2 Å². The molecule has 1 aromatic rings. The average molecular weight is 277 g/mol. The van der Waals surface area contributed by atoms with Gasteiger partial charge in [-0.25, -0.2) is 0 Å². The molecule has 1 saturated carbocycles. The molecular weight excluding hydrogens is 250 g/mol. The third kappa shape index (κ3) is 2.81. The van der Waals surface area contributed by atoms with Crippen LogP contribution in [-0.4, -0.2) is 24.7 Å². The SMILES string of the molecule is CNC(c1cnccc1N)C1(OC)CCC(C)(C)CC1. The minimum Gasteiger partial charge on any atom is -0.398 e. The molecule has 0 radical (unpaired) electrons. The van der Waals surface area contributed by atoms with Crippen molar-refractivity contribution in [2.45, 2.75) is 51.2 Å². The highest BCUT2D eigenvalue weighted by molar-refractivity contribution is 5.47. The van der Waals surface area contributed by atoms with Gasteiger partial charge in [0.05, 0.1) is 11.6 Å². The monoisotopic (exact) mass is 277 g/mol. The summed E-state index contributed by atoms with van der Waals surface area (Å²) in [7, 11) is 3.78. The first kappa shape index (κ1) is 15.3. The van der Waals surface area contributed by atoms with Gasteiger partial charge in [0.25, 0.3) is 0 Å². The van der Waals surface area contributed by atoms with Gasteiger partial charge in [0.2, 0.25) is 0 Å². The van der Waals surface area contributed by atoms with Crippen molar-refractivity contribution in [3.63, 3.8) is 0 Å². The smallest absolute Gasteiger partial charge is 0.0874 e. The predicted octanol–water partition coefficient (Wildman–Crippen LogP) is 2.91. The first-order valence-corrected chi connectivity index (χ1v) is 7.36. The second kappa shape index (κ2) is 5.70. The minimum absolute atomic E-state index is 0.0808. The van der Waals surface area contributed by atoms with Gasteiger partial charge < -0.3 is 15.8 Å². The Bertz CT molecular complexity index is 449. The van der Waals surface area contributed by atoms with Crippen LogP contribution >= 0.6 is 0 Å². The zero-order chi connectivity index (χ0) is 14.8. The Morgan fingerprint density at radius 2 is 1.95 bits per heavy atom. The van der Waals surface area contributed by atoms with E-state index < -0.39 is 0 Å². The molecule has 0 bridgehead atoms. The molecule has 1 aromatic heterocycles. The van der Waals surface area contributed by atoms with Crippen LogP contribution in [0.2, 0.25) is 0 Å². The van der Waals surface area contributed by atoms with Crippen LogP contribution < -0.4 is 11.1 Å². The number of hydrogen-bond acceptors (Lipinski definition) is 4. The molecule has 1 aliphatic carbocycles. The van der Waals surface area contributed by atoms with E-state index in [9.17, 15) is 0 Å². The van der Waals surface area contributed by atoms with Gasteiger partial charge in [-0.3, -0.25) is 4.98 Å². The van der Waals surface area contributed by atoms with Gasteiger partial charge in [0, 0.05) is 30.8 Å². The second-order valence-electron chi connectivity index (χ2n) is 6.66. The number of hydrogen-bond donors (Lipinski definition) is 2. The number of nitrogens with one attached hydrogen (secondary N) is 1. The summed E-state index contributed by atoms with van der Waals surface area (Å²) in [5.74, 6) is 0. The normalized spacial score (nSPS) is 22.4. The molecular formula is C16H27N3O. The molecule has 1 atom stereocenters. The lowest BCUT2D eigenvalue weighted by molar-refractivity contribution is -0.0861. The zero-order valence-electron chi connectivity index (χ0n) is 13.1. The van der Waals surface area contributed by atoms with E-state index in [0.29, 0.717) is 5.41 Å². The molecule has 1 unspecified atom stereocenters. The fourth-order valence-corrected chi connectivity index (χ4v) is 3.32. The van der Waals surface area contributed by atoms with Gasteiger partial charge in [-0.1, -0.05) is 13.8 Å². The van der Waals surface area contributed by atoms with Crippen LogP contribution in [0, 0.1) is 5.41 Å². The van der Waals surface area contributed by atoms with E-state index in [-0.39, 0.29) is 11.6 Å². The van der Waals surface area contributed by atoms with Gasteiger partial charge in [-0.15, -0.1) is 0 Å². The van der Waals surface area contributed by atoms with E-state index in [1.165, 1.54) is 12.8 Å². The highest BCUT2D eigenvalue weighted by Gasteiger charge is 2.44. The van der Waals surface area contributed by atoms with Gasteiger partial charge in [-0.2, -0.15) is 0 Å². The maximum atomic E-state index is 6.14. The summed E-state index contributed by atoms with van der Waals surface area (Å²) >= 11 is 0. The summed E-state index contributed by atoms with van der Waals surface area (Å²) in [6.45, 7) is 4.67. The molecule has 1 heterocycles. The Balaban J connectivity index is 2.32. The molecule has 2 rings (SSSR count). The van der Waals surface area contributed by atoms with E-state index in [0.717, 1.165) is 24.1 Å². The molecule has 0 saturated heterocycles. The lowest BCUT2D eigenvalue weighted by Gasteiger charge is -2.47. The summed E-state index contributed by atoms with van der Waals surface area (Å²) in [4.78, 5) is 4.23. The molecule has 20 heavy (non-hydrogen) atoms. The number of anilines is 1. The lowest BCUT2D eigenvalue weighted by atomic mass is 9.67. The highest BCUT2D eigenvalue weighted by atomic mass is 16.5. The first-order chi connectivity index (χ1) is 9.44. The number of methoxy groups -OCH3 is 1. The maximum absolute atomic E-state index is 6.14. The van der Waals surface area contributed by atoms with Crippen molar-refractivity contribution in [3.8, 4) is 0 Å². The number of nitrogens with zero attached hydrogens (tertiary/aromatic N) is 1. The van der Waals surface area contributed by atoms with E-state index >= 15 is 0 Å². The van der Waals surface area contributed by atoms with Crippen LogP contribution in [0.1, 0.15) is 51.1 Å². The number of pyridine rings is 1. The third-order valence-corrected chi connectivity index (χ3v) is 4.87. The third-order valence-electron chi connectivity index (χ3n) is 4.87. The van der Waals surface area contributed by atoms with Crippen LogP contribution in [-0.2, 0) is 4.74 Å². The summed E-state index contributed by atoms with van der Waals surface area (Å²) in [6.07, 6.45) is 8.00. The molecule has 1 fully saturated rings. The minimum atomic E-state index is -0.193. The Hall–Kier alpha value is -1.13. The van der Waals surface area contributed by atoms with Crippen LogP contribution in [0.4, 0.5) is 5.69 Å². The van der Waals surface area contributed by atoms with Crippen molar-refractivity contribution in [1.82, 2.24) is 10.3 Å². The average Bonchev–Trinajstić information content (AvgIpc) is 2.44. The van der Waals surface area contributed by atoms with E-state index in [1.54, 1.807) is 6.20 Å². The summed E-state index contributed by atoms with van der Waals surface area (Å²) in [5, 5.41) is 3.40. The molecule has 112 valence electrons. The molecule has 3 N–H and O–H groups in total. The number of nitrogens with two attached hydrogens (primary N) is 1. The Morgan fingerprint density at radius 1 is 1.30 bits per heavy atom. The molecule has 0 aromatic carbocycles. The van der Waals surface area contributed by atoms with Crippen LogP contribution in [0.25, 0.3) is 0 Å². The second-order valence-corrected chi connectivity index (χ2v) is 6.66. The van der Waals surface area contributed by atoms with E-state index in [1.807, 2.05) is 26.4 Å². The molecule has 0 aliphatic heterocycles.